The fourth-order valence-electron chi connectivity index (χ4n) is 3.75. The molecule has 2 aromatic rings. The van der Waals surface area contributed by atoms with Gasteiger partial charge in [0.05, 0.1) is 18.4 Å². The zero-order valence-electron chi connectivity index (χ0n) is 14.5. The fourth-order valence-corrected chi connectivity index (χ4v) is 3.75. The quantitative estimate of drug-likeness (QED) is 0.695. The lowest BCUT2D eigenvalue weighted by molar-refractivity contribution is 0.0600. The summed E-state index contributed by atoms with van der Waals surface area (Å²) in [4.78, 5) is 27.1. The minimum atomic E-state index is -0.325. The third-order valence-corrected chi connectivity index (χ3v) is 4.81. The number of hydrogen-bond donors (Lipinski definition) is 1. The number of rotatable bonds is 1. The van der Waals surface area contributed by atoms with Crippen LogP contribution in [0.5, 0.6) is 0 Å². The average Bonchev–Trinajstić information content (AvgIpc) is 3.01. The van der Waals surface area contributed by atoms with Crippen LogP contribution in [0.15, 0.2) is 23.0 Å². The number of pyridine rings is 1. The molecule has 1 aromatic heterocycles. The highest BCUT2D eigenvalue weighted by Crippen LogP contribution is 2.39. The number of hydrogen-bond acceptors (Lipinski definition) is 3. The van der Waals surface area contributed by atoms with E-state index in [1.807, 2.05) is 26.0 Å². The van der Waals surface area contributed by atoms with E-state index < -0.39 is 0 Å². The van der Waals surface area contributed by atoms with Crippen LogP contribution in [0.25, 0.3) is 11.3 Å². The molecule has 0 bridgehead atoms. The molecule has 0 saturated heterocycles. The van der Waals surface area contributed by atoms with Gasteiger partial charge in [0.1, 0.15) is 0 Å². The van der Waals surface area contributed by atoms with Gasteiger partial charge in [0.25, 0.3) is 5.56 Å². The van der Waals surface area contributed by atoms with Gasteiger partial charge in [-0.3, -0.25) is 4.79 Å². The topological polar surface area (TPSA) is 59.2 Å². The van der Waals surface area contributed by atoms with Crippen LogP contribution in [0.1, 0.15) is 59.3 Å². The number of methoxy groups -OCH3 is 1. The first kappa shape index (κ1) is 16.5. The molecular formula is C20H23NO3. The van der Waals surface area contributed by atoms with Gasteiger partial charge in [-0.25, -0.2) is 4.79 Å². The minimum absolute atomic E-state index is 0.0540. The minimum Gasteiger partial charge on any atom is -0.465 e. The predicted molar refractivity (Wildman–Crippen MR) is 94.6 cm³/mol. The normalized spacial score (nSPS) is 14.0. The van der Waals surface area contributed by atoms with Crippen molar-refractivity contribution in [1.82, 2.24) is 4.98 Å². The highest BCUT2D eigenvalue weighted by atomic mass is 16.5. The lowest BCUT2D eigenvalue weighted by Crippen LogP contribution is -2.21. The predicted octanol–water partition coefficient (Wildman–Crippen LogP) is 3.64. The zero-order chi connectivity index (χ0) is 17.3. The highest BCUT2D eigenvalue weighted by Gasteiger charge is 2.27. The first-order chi connectivity index (χ1) is 11.7. The molecule has 0 saturated carbocycles. The van der Waals surface area contributed by atoms with Crippen molar-refractivity contribution in [2.24, 2.45) is 0 Å². The van der Waals surface area contributed by atoms with Gasteiger partial charge in [-0.1, -0.05) is 19.9 Å². The molecule has 4 heteroatoms. The van der Waals surface area contributed by atoms with Crippen LogP contribution in [-0.4, -0.2) is 18.1 Å². The highest BCUT2D eigenvalue weighted by molar-refractivity contribution is 5.91. The molecule has 2 aliphatic rings. The Morgan fingerprint density at radius 2 is 1.79 bits per heavy atom. The second-order valence-corrected chi connectivity index (χ2v) is 6.01. The Labute approximate surface area is 141 Å². The lowest BCUT2D eigenvalue weighted by Gasteiger charge is -2.18. The number of aromatic amines is 1. The fraction of sp³-hybridized carbons (Fsp3) is 0.400. The maximum Gasteiger partial charge on any atom is 0.337 e. The molecule has 24 heavy (non-hydrogen) atoms. The number of carbonyl (C=O) groups is 1. The molecule has 1 heterocycles. The number of carbonyl (C=O) groups excluding carboxylic acids is 1. The Hall–Kier alpha value is -2.36. The molecule has 0 atom stereocenters. The summed E-state index contributed by atoms with van der Waals surface area (Å²) in [6.07, 6.45) is 4.89. The average molecular weight is 325 g/mol. The largest absolute Gasteiger partial charge is 0.465 e. The summed E-state index contributed by atoms with van der Waals surface area (Å²) >= 11 is 0. The first-order valence-corrected chi connectivity index (χ1v) is 8.67. The molecule has 0 amide bonds. The molecule has 0 fully saturated rings. The zero-order valence-corrected chi connectivity index (χ0v) is 14.5. The summed E-state index contributed by atoms with van der Waals surface area (Å²) in [6.45, 7) is 4.00. The molecule has 0 aliphatic heterocycles. The van der Waals surface area contributed by atoms with Crippen LogP contribution in [0.4, 0.5) is 0 Å². The second-order valence-electron chi connectivity index (χ2n) is 6.01. The molecule has 0 spiro atoms. The van der Waals surface area contributed by atoms with Crippen LogP contribution in [0.3, 0.4) is 0 Å². The van der Waals surface area contributed by atoms with Crippen LogP contribution >= 0.6 is 0 Å². The van der Waals surface area contributed by atoms with Gasteiger partial charge in [-0.05, 0) is 54.5 Å². The van der Waals surface area contributed by atoms with Crippen molar-refractivity contribution in [1.29, 1.82) is 0 Å². The van der Waals surface area contributed by atoms with Gasteiger partial charge in [-0.2, -0.15) is 0 Å². The van der Waals surface area contributed by atoms with E-state index in [0.717, 1.165) is 54.5 Å². The van der Waals surface area contributed by atoms with Gasteiger partial charge < -0.3 is 9.72 Å². The SMILES string of the molecule is CC.COC(=O)c1ccc2c(c1)Cc1c-2[nH]c(=O)c2c1CCCC2. The summed E-state index contributed by atoms with van der Waals surface area (Å²) < 4.78 is 4.79. The van der Waals surface area contributed by atoms with Crippen molar-refractivity contribution in [3.63, 3.8) is 0 Å². The monoisotopic (exact) mass is 325 g/mol. The van der Waals surface area contributed by atoms with Gasteiger partial charge in [0.2, 0.25) is 0 Å². The van der Waals surface area contributed by atoms with E-state index in [9.17, 15) is 9.59 Å². The number of H-pyrrole nitrogens is 1. The smallest absolute Gasteiger partial charge is 0.337 e. The van der Waals surface area contributed by atoms with Crippen molar-refractivity contribution in [2.75, 3.05) is 7.11 Å². The summed E-state index contributed by atoms with van der Waals surface area (Å²) in [5, 5.41) is 0. The van der Waals surface area contributed by atoms with E-state index in [0.29, 0.717) is 5.56 Å². The molecule has 1 N–H and O–H groups in total. The van der Waals surface area contributed by atoms with Crippen molar-refractivity contribution >= 4 is 5.97 Å². The standard InChI is InChI=1S/C18H17NO3.C2H6/c1-22-18(21)10-6-7-12-11(8-10)9-15-13-4-2-3-5-14(13)17(20)19-16(12)15;1-2/h6-8H,2-5,9H2,1H3,(H,19,20);1-2H3. The third kappa shape index (κ3) is 2.56. The van der Waals surface area contributed by atoms with E-state index in [1.54, 1.807) is 6.07 Å². The van der Waals surface area contributed by atoms with Crippen molar-refractivity contribution in [2.45, 2.75) is 46.0 Å². The number of ether oxygens (including phenoxy) is 1. The summed E-state index contributed by atoms with van der Waals surface area (Å²) in [7, 11) is 1.39. The number of aromatic nitrogens is 1. The van der Waals surface area contributed by atoms with E-state index >= 15 is 0 Å². The number of nitrogens with one attached hydrogen (secondary N) is 1. The van der Waals surface area contributed by atoms with Gasteiger partial charge >= 0.3 is 5.97 Å². The maximum absolute atomic E-state index is 12.3. The van der Waals surface area contributed by atoms with Gasteiger partial charge in [0.15, 0.2) is 0 Å². The van der Waals surface area contributed by atoms with Crippen molar-refractivity contribution in [3.05, 3.63) is 56.4 Å². The van der Waals surface area contributed by atoms with E-state index in [2.05, 4.69) is 4.98 Å². The second kappa shape index (κ2) is 6.63. The number of fused-ring (bicyclic) bond motifs is 5. The van der Waals surface area contributed by atoms with Crippen LogP contribution in [-0.2, 0) is 24.0 Å². The van der Waals surface area contributed by atoms with Gasteiger partial charge in [0, 0.05) is 17.5 Å². The maximum atomic E-state index is 12.3. The Kier molecular flexibility index (Phi) is 4.56. The lowest BCUT2D eigenvalue weighted by atomic mass is 9.88. The third-order valence-electron chi connectivity index (χ3n) is 4.81. The molecule has 2 aliphatic carbocycles. The Morgan fingerprint density at radius 1 is 1.08 bits per heavy atom. The molecule has 126 valence electrons. The van der Waals surface area contributed by atoms with Crippen LogP contribution in [0.2, 0.25) is 0 Å². The van der Waals surface area contributed by atoms with Crippen molar-refractivity contribution < 1.29 is 9.53 Å². The van der Waals surface area contributed by atoms with Crippen LogP contribution in [0, 0.1) is 0 Å². The Morgan fingerprint density at radius 3 is 2.50 bits per heavy atom. The summed E-state index contributed by atoms with van der Waals surface area (Å²) in [5.74, 6) is -0.325. The van der Waals surface area contributed by atoms with E-state index in [1.165, 1.54) is 18.2 Å². The molecule has 1 aromatic carbocycles. The van der Waals surface area contributed by atoms with E-state index in [4.69, 9.17) is 4.74 Å². The number of benzene rings is 1. The Balaban J connectivity index is 0.000000815. The van der Waals surface area contributed by atoms with Crippen molar-refractivity contribution in [3.8, 4) is 11.3 Å². The molecule has 4 nitrogen and oxygen atoms in total. The summed E-state index contributed by atoms with van der Waals surface area (Å²) in [6, 6.07) is 5.56. The summed E-state index contributed by atoms with van der Waals surface area (Å²) in [5.41, 5.74) is 7.12. The molecular weight excluding hydrogens is 302 g/mol. The Bertz CT molecular complexity index is 849. The molecule has 0 radical (unpaired) electrons. The van der Waals surface area contributed by atoms with Gasteiger partial charge in [-0.15, -0.1) is 0 Å². The molecule has 4 rings (SSSR count). The van der Waals surface area contributed by atoms with E-state index in [-0.39, 0.29) is 11.5 Å². The van der Waals surface area contributed by atoms with Crippen LogP contribution < -0.4 is 5.56 Å². The molecule has 0 unspecified atom stereocenters. The first-order valence-electron chi connectivity index (χ1n) is 8.67. The number of esters is 1.